The van der Waals surface area contributed by atoms with E-state index in [1.54, 1.807) is 6.07 Å². The fourth-order valence-corrected chi connectivity index (χ4v) is 0.812. The molecule has 4 nitrogen and oxygen atoms in total. The van der Waals surface area contributed by atoms with Gasteiger partial charge in [0.15, 0.2) is 0 Å². The molecule has 4 N–H and O–H groups in total. The molecule has 10 heavy (non-hydrogen) atoms. The van der Waals surface area contributed by atoms with Crippen molar-refractivity contribution in [2.24, 2.45) is 0 Å². The van der Waals surface area contributed by atoms with E-state index in [4.69, 9.17) is 11.6 Å². The molecule has 0 aliphatic rings. The number of hydrogen-bond acceptors (Lipinski definition) is 3. The van der Waals surface area contributed by atoms with Gasteiger partial charge in [-0.3, -0.25) is 5.84 Å². The molecule has 0 atom stereocenters. The van der Waals surface area contributed by atoms with E-state index in [1.165, 1.54) is 4.68 Å². The maximum absolute atomic E-state index is 5.55. The van der Waals surface area contributed by atoms with E-state index in [2.05, 4.69) is 4.98 Å². The molecular formula is C6H11N4+. The van der Waals surface area contributed by atoms with Gasteiger partial charge in [-0.2, -0.15) is 0 Å². The van der Waals surface area contributed by atoms with Crippen molar-refractivity contribution in [3.63, 3.8) is 0 Å². The maximum Gasteiger partial charge on any atom is 0.320 e. The van der Waals surface area contributed by atoms with Gasteiger partial charge in [-0.05, 0) is 4.98 Å². The molecule has 0 spiro atoms. The Bertz CT molecular complexity index is 233. The average Bonchev–Trinajstić information content (AvgIpc) is 1.82. The molecule has 0 amide bonds. The minimum Gasteiger partial charge on any atom is -0.363 e. The molecule has 0 radical (unpaired) electrons. The second-order valence-electron chi connectivity index (χ2n) is 2.24. The Labute approximate surface area is 59.5 Å². The summed E-state index contributed by atoms with van der Waals surface area (Å²) in [7, 11) is 0. The Balaban J connectivity index is 3.31. The lowest BCUT2D eigenvalue weighted by Crippen LogP contribution is -2.50. The Morgan fingerprint density at radius 1 is 1.50 bits per heavy atom. The van der Waals surface area contributed by atoms with Gasteiger partial charge in [0, 0.05) is 13.8 Å². The van der Waals surface area contributed by atoms with E-state index >= 15 is 0 Å². The molecule has 0 unspecified atom stereocenters. The minimum absolute atomic E-state index is 0.511. The summed E-state index contributed by atoms with van der Waals surface area (Å²) in [5, 5.41) is 0. The molecule has 0 saturated heterocycles. The van der Waals surface area contributed by atoms with Crippen LogP contribution in [0.3, 0.4) is 0 Å². The van der Waals surface area contributed by atoms with Crippen molar-refractivity contribution in [2.75, 3.05) is 11.6 Å². The van der Waals surface area contributed by atoms with E-state index in [1.807, 2.05) is 13.8 Å². The first-order chi connectivity index (χ1) is 4.61. The van der Waals surface area contributed by atoms with Crippen LogP contribution in [-0.4, -0.2) is 4.98 Å². The van der Waals surface area contributed by atoms with Crippen molar-refractivity contribution in [3.05, 3.63) is 17.6 Å². The zero-order valence-corrected chi connectivity index (χ0v) is 6.13. The highest BCUT2D eigenvalue weighted by atomic mass is 15.3. The highest BCUT2D eigenvalue weighted by molar-refractivity contribution is 5.26. The number of anilines is 1. The highest BCUT2D eigenvalue weighted by Crippen LogP contribution is 1.96. The van der Waals surface area contributed by atoms with Crippen LogP contribution in [0.25, 0.3) is 0 Å². The van der Waals surface area contributed by atoms with Crippen LogP contribution in [0.2, 0.25) is 0 Å². The van der Waals surface area contributed by atoms with Crippen LogP contribution in [0.15, 0.2) is 6.07 Å². The van der Waals surface area contributed by atoms with Gasteiger partial charge in [0.05, 0.1) is 6.07 Å². The monoisotopic (exact) mass is 139 g/mol. The van der Waals surface area contributed by atoms with Crippen LogP contribution in [0, 0.1) is 13.8 Å². The number of hydrogen-bond donors (Lipinski definition) is 2. The fraction of sp³-hybridized carbons (Fsp3) is 0.333. The van der Waals surface area contributed by atoms with Gasteiger partial charge in [0.1, 0.15) is 5.69 Å². The van der Waals surface area contributed by atoms with Crippen LogP contribution in [-0.2, 0) is 0 Å². The third-order valence-corrected chi connectivity index (χ3v) is 1.38. The van der Waals surface area contributed by atoms with Crippen molar-refractivity contribution in [1.29, 1.82) is 0 Å². The van der Waals surface area contributed by atoms with Crippen molar-refractivity contribution in [3.8, 4) is 0 Å². The number of aryl methyl sites for hydroxylation is 2. The average molecular weight is 139 g/mol. The third-order valence-electron chi connectivity index (χ3n) is 1.38. The van der Waals surface area contributed by atoms with Gasteiger partial charge >= 0.3 is 5.82 Å². The second-order valence-corrected chi connectivity index (χ2v) is 2.24. The molecule has 1 rings (SSSR count). The Morgan fingerprint density at radius 3 is 2.60 bits per heavy atom. The number of nitrogens with zero attached hydrogens (tertiary/aromatic N) is 2. The van der Waals surface area contributed by atoms with E-state index in [0.717, 1.165) is 11.5 Å². The van der Waals surface area contributed by atoms with Gasteiger partial charge in [-0.25, -0.2) is 0 Å². The first kappa shape index (κ1) is 6.80. The molecular weight excluding hydrogens is 128 g/mol. The van der Waals surface area contributed by atoms with Crippen LogP contribution < -0.4 is 16.3 Å². The summed E-state index contributed by atoms with van der Waals surface area (Å²) in [5.74, 6) is 6.78. The zero-order chi connectivity index (χ0) is 7.72. The van der Waals surface area contributed by atoms with Crippen LogP contribution in [0.5, 0.6) is 0 Å². The molecule has 0 fully saturated rings. The molecule has 1 aromatic rings. The number of nitrogen functional groups attached to an aromatic ring is 2. The number of rotatable bonds is 0. The SMILES string of the molecule is Cc1cc(N)nc(C)[n+]1N. The first-order valence-corrected chi connectivity index (χ1v) is 3.02. The van der Waals surface area contributed by atoms with Gasteiger partial charge in [-0.1, -0.05) is 0 Å². The van der Waals surface area contributed by atoms with Crippen molar-refractivity contribution in [2.45, 2.75) is 13.8 Å². The highest BCUT2D eigenvalue weighted by Gasteiger charge is 2.08. The predicted octanol–water partition coefficient (Wildman–Crippen LogP) is -0.718. The van der Waals surface area contributed by atoms with Gasteiger partial charge in [-0.15, -0.1) is 4.68 Å². The van der Waals surface area contributed by atoms with Gasteiger partial charge in [0.25, 0.3) is 0 Å². The number of nitrogens with two attached hydrogens (primary N) is 2. The molecule has 1 aromatic heterocycles. The maximum atomic E-state index is 5.55. The molecule has 0 aliphatic heterocycles. The molecule has 0 bridgehead atoms. The van der Waals surface area contributed by atoms with Gasteiger partial charge in [0.2, 0.25) is 5.82 Å². The van der Waals surface area contributed by atoms with Crippen molar-refractivity contribution in [1.82, 2.24) is 4.98 Å². The lowest BCUT2D eigenvalue weighted by molar-refractivity contribution is -0.655. The molecule has 0 aromatic carbocycles. The summed E-state index contributed by atoms with van der Waals surface area (Å²) in [6, 6.07) is 1.73. The lowest BCUT2D eigenvalue weighted by Gasteiger charge is -1.96. The normalized spacial score (nSPS) is 9.80. The molecule has 4 heteroatoms. The summed E-state index contributed by atoms with van der Waals surface area (Å²) in [6.45, 7) is 3.69. The van der Waals surface area contributed by atoms with Gasteiger partial charge < -0.3 is 5.73 Å². The minimum atomic E-state index is 0.511. The second kappa shape index (κ2) is 2.13. The summed E-state index contributed by atoms with van der Waals surface area (Å²) in [4.78, 5) is 3.95. The molecule has 0 saturated carbocycles. The largest absolute Gasteiger partial charge is 0.363 e. The summed E-state index contributed by atoms with van der Waals surface area (Å²) < 4.78 is 1.50. The first-order valence-electron chi connectivity index (χ1n) is 3.02. The fourth-order valence-electron chi connectivity index (χ4n) is 0.812. The molecule has 0 aliphatic carbocycles. The van der Waals surface area contributed by atoms with Crippen molar-refractivity contribution < 1.29 is 4.68 Å². The van der Waals surface area contributed by atoms with Crippen LogP contribution in [0.4, 0.5) is 5.82 Å². The summed E-state index contributed by atoms with van der Waals surface area (Å²) >= 11 is 0. The third kappa shape index (κ3) is 1.00. The quantitative estimate of drug-likeness (QED) is 0.368. The zero-order valence-electron chi connectivity index (χ0n) is 6.13. The van der Waals surface area contributed by atoms with Crippen LogP contribution in [0.1, 0.15) is 11.5 Å². The predicted molar refractivity (Wildman–Crippen MR) is 38.5 cm³/mol. The topological polar surface area (TPSA) is 68.8 Å². The molecule has 54 valence electrons. The van der Waals surface area contributed by atoms with E-state index in [0.29, 0.717) is 5.82 Å². The Kier molecular flexibility index (Phi) is 1.45. The Hall–Kier alpha value is -1.32. The molecule has 1 heterocycles. The number of aromatic nitrogens is 2. The smallest absolute Gasteiger partial charge is 0.320 e. The standard InChI is InChI=1S/C6H10N4/c1-4-3-6(7)9-5(2)10(4)8/h3,7H,8H2,1-2H3/p+1. The summed E-state index contributed by atoms with van der Waals surface area (Å²) in [5.41, 5.74) is 6.36. The van der Waals surface area contributed by atoms with E-state index < -0.39 is 0 Å². The van der Waals surface area contributed by atoms with E-state index in [-0.39, 0.29) is 0 Å². The Morgan fingerprint density at radius 2 is 2.10 bits per heavy atom. The lowest BCUT2D eigenvalue weighted by atomic mass is 10.4. The van der Waals surface area contributed by atoms with Crippen molar-refractivity contribution >= 4 is 5.82 Å². The van der Waals surface area contributed by atoms with E-state index in [9.17, 15) is 0 Å². The van der Waals surface area contributed by atoms with Crippen LogP contribution >= 0.6 is 0 Å². The summed E-state index contributed by atoms with van der Waals surface area (Å²) in [6.07, 6.45) is 0.